The summed E-state index contributed by atoms with van der Waals surface area (Å²) in [6, 6.07) is 4.94. The molecule has 2 N–H and O–H groups in total. The summed E-state index contributed by atoms with van der Waals surface area (Å²) in [6.45, 7) is 10.6. The molecule has 0 saturated heterocycles. The Balaban J connectivity index is 2.29. The predicted molar refractivity (Wildman–Crippen MR) is 116 cm³/mol. The molecule has 9 heteroatoms. The van der Waals surface area contributed by atoms with Crippen molar-refractivity contribution in [2.24, 2.45) is 5.41 Å². The summed E-state index contributed by atoms with van der Waals surface area (Å²) in [4.78, 5) is 39.5. The molecule has 1 heterocycles. The maximum Gasteiger partial charge on any atom is 0.471 e. The van der Waals surface area contributed by atoms with E-state index in [0.29, 0.717) is 12.1 Å². The van der Waals surface area contributed by atoms with Crippen LogP contribution in [0.1, 0.15) is 46.1 Å². The van der Waals surface area contributed by atoms with Crippen molar-refractivity contribution in [3.8, 4) is 0 Å². The molecule has 0 bridgehead atoms. The van der Waals surface area contributed by atoms with Crippen molar-refractivity contribution in [3.05, 3.63) is 42.0 Å². The van der Waals surface area contributed by atoms with E-state index in [4.69, 9.17) is 0 Å². The van der Waals surface area contributed by atoms with E-state index in [9.17, 15) is 27.6 Å². The van der Waals surface area contributed by atoms with Crippen LogP contribution in [0.25, 0.3) is 0 Å². The van der Waals surface area contributed by atoms with E-state index in [0.717, 1.165) is 24.1 Å². The first kappa shape index (κ1) is 25.4. The first-order chi connectivity index (χ1) is 14.7. The summed E-state index contributed by atoms with van der Waals surface area (Å²) < 4.78 is 38.4. The average Bonchev–Trinajstić information content (AvgIpc) is 2.68. The van der Waals surface area contributed by atoms with Crippen LogP contribution in [-0.4, -0.2) is 42.5 Å². The second kappa shape index (κ2) is 9.75. The van der Waals surface area contributed by atoms with Crippen LogP contribution in [0, 0.1) is 5.41 Å². The molecule has 0 saturated carbocycles. The fraction of sp³-hybridized carbons (Fsp3) is 0.522. The van der Waals surface area contributed by atoms with Gasteiger partial charge in [-0.3, -0.25) is 14.4 Å². The monoisotopic (exact) mass is 453 g/mol. The van der Waals surface area contributed by atoms with E-state index in [1.54, 1.807) is 17.1 Å². The number of halogens is 3. The van der Waals surface area contributed by atoms with Gasteiger partial charge in [-0.1, -0.05) is 44.5 Å². The minimum atomic E-state index is -5.13. The van der Waals surface area contributed by atoms with Gasteiger partial charge in [-0.2, -0.15) is 13.2 Å². The van der Waals surface area contributed by atoms with Crippen molar-refractivity contribution >= 4 is 23.4 Å². The highest BCUT2D eigenvalue weighted by atomic mass is 19.4. The van der Waals surface area contributed by atoms with Crippen LogP contribution in [-0.2, 0) is 20.8 Å². The van der Waals surface area contributed by atoms with Crippen molar-refractivity contribution in [1.82, 2.24) is 10.6 Å². The van der Waals surface area contributed by atoms with Crippen molar-refractivity contribution < 1.29 is 27.6 Å². The van der Waals surface area contributed by atoms with E-state index < -0.39 is 35.5 Å². The Bertz CT molecular complexity index is 890. The molecule has 3 amide bonds. The Labute approximate surface area is 186 Å². The lowest BCUT2D eigenvalue weighted by Crippen LogP contribution is -2.60. The van der Waals surface area contributed by atoms with Gasteiger partial charge in [0.1, 0.15) is 12.1 Å². The van der Waals surface area contributed by atoms with Gasteiger partial charge in [0.15, 0.2) is 0 Å². The molecule has 1 aromatic carbocycles. The van der Waals surface area contributed by atoms with Crippen LogP contribution in [0.15, 0.2) is 36.4 Å². The largest absolute Gasteiger partial charge is 0.471 e. The molecular weight excluding hydrogens is 423 g/mol. The minimum absolute atomic E-state index is 0.118. The molecule has 2 rings (SSSR count). The number of carbonyl (C=O) groups is 3. The predicted octanol–water partition coefficient (Wildman–Crippen LogP) is 3.51. The number of alkyl halides is 3. The van der Waals surface area contributed by atoms with Crippen LogP contribution < -0.4 is 15.5 Å². The van der Waals surface area contributed by atoms with E-state index in [-0.39, 0.29) is 12.3 Å². The Morgan fingerprint density at radius 1 is 1.12 bits per heavy atom. The molecule has 0 aromatic heterocycles. The number of amides is 3. The number of hydrogen-bond donors (Lipinski definition) is 2. The Kier molecular flexibility index (Phi) is 7.74. The van der Waals surface area contributed by atoms with Gasteiger partial charge in [-0.15, -0.1) is 6.58 Å². The number of aryl methyl sites for hydroxylation is 1. The van der Waals surface area contributed by atoms with Crippen molar-refractivity contribution in [1.29, 1.82) is 0 Å². The number of benzene rings is 1. The molecule has 0 spiro atoms. The Morgan fingerprint density at radius 3 is 2.31 bits per heavy atom. The number of carbonyl (C=O) groups excluding carboxylic acids is 3. The summed E-state index contributed by atoms with van der Waals surface area (Å²) in [6.07, 6.45) is -3.43. The normalized spacial score (nSPS) is 15.9. The molecule has 1 aliphatic rings. The number of nitrogens with one attached hydrogen (secondary N) is 2. The molecule has 1 aliphatic heterocycles. The minimum Gasteiger partial charge on any atom is -0.342 e. The highest BCUT2D eigenvalue weighted by Gasteiger charge is 2.44. The van der Waals surface area contributed by atoms with Crippen LogP contribution >= 0.6 is 0 Å². The quantitative estimate of drug-likeness (QED) is 0.647. The zero-order valence-electron chi connectivity index (χ0n) is 18.8. The summed E-state index contributed by atoms with van der Waals surface area (Å²) in [5.74, 6) is -3.44. The van der Waals surface area contributed by atoms with Crippen LogP contribution in [0.4, 0.5) is 18.9 Å². The first-order valence-corrected chi connectivity index (χ1v) is 10.4. The fourth-order valence-electron chi connectivity index (χ4n) is 3.64. The van der Waals surface area contributed by atoms with Gasteiger partial charge in [-0.25, -0.2) is 0 Å². The maximum atomic E-state index is 13.4. The number of anilines is 1. The van der Waals surface area contributed by atoms with Gasteiger partial charge in [0.05, 0.1) is 0 Å². The van der Waals surface area contributed by atoms with Gasteiger partial charge >= 0.3 is 12.1 Å². The topological polar surface area (TPSA) is 78.5 Å². The van der Waals surface area contributed by atoms with Crippen LogP contribution in [0.3, 0.4) is 0 Å². The lowest BCUT2D eigenvalue weighted by Gasteiger charge is -2.35. The number of nitrogens with zero attached hydrogens (tertiary/aromatic N) is 1. The molecule has 1 aromatic rings. The zero-order chi connectivity index (χ0) is 24.3. The molecule has 0 radical (unpaired) electrons. The third-order valence-electron chi connectivity index (χ3n) is 5.20. The molecule has 32 heavy (non-hydrogen) atoms. The van der Waals surface area contributed by atoms with Gasteiger partial charge in [0.2, 0.25) is 11.8 Å². The number of fused-ring (bicyclic) bond motifs is 1. The maximum absolute atomic E-state index is 13.4. The second-order valence-corrected chi connectivity index (χ2v) is 9.21. The van der Waals surface area contributed by atoms with E-state index in [1.165, 1.54) is 20.8 Å². The Hall–Kier alpha value is -2.84. The number of hydrogen-bond acceptors (Lipinski definition) is 3. The molecule has 0 fully saturated rings. The summed E-state index contributed by atoms with van der Waals surface area (Å²) in [5.41, 5.74) is 1.36. The lowest BCUT2D eigenvalue weighted by atomic mass is 9.85. The Morgan fingerprint density at radius 2 is 1.75 bits per heavy atom. The van der Waals surface area contributed by atoms with Gasteiger partial charge < -0.3 is 15.5 Å². The summed E-state index contributed by atoms with van der Waals surface area (Å²) in [7, 11) is 0. The van der Waals surface area contributed by atoms with E-state index in [1.807, 2.05) is 24.3 Å². The molecule has 176 valence electrons. The first-order valence-electron chi connectivity index (χ1n) is 10.4. The summed E-state index contributed by atoms with van der Waals surface area (Å²) >= 11 is 0. The zero-order valence-corrected chi connectivity index (χ0v) is 18.8. The summed E-state index contributed by atoms with van der Waals surface area (Å²) in [5, 5.41) is 4.33. The fourth-order valence-corrected chi connectivity index (χ4v) is 3.64. The highest BCUT2D eigenvalue weighted by molar-refractivity contribution is 6.01. The second-order valence-electron chi connectivity index (χ2n) is 9.21. The van der Waals surface area contributed by atoms with Crippen LogP contribution in [0.5, 0.6) is 0 Å². The third kappa shape index (κ3) is 6.34. The molecule has 2 atom stereocenters. The highest BCUT2D eigenvalue weighted by Crippen LogP contribution is 2.28. The van der Waals surface area contributed by atoms with E-state index in [2.05, 4.69) is 11.9 Å². The van der Waals surface area contributed by atoms with Crippen molar-refractivity contribution in [2.75, 3.05) is 11.4 Å². The average molecular weight is 454 g/mol. The molecular formula is C23H30F3N3O3. The molecule has 0 aliphatic carbocycles. The number of rotatable bonds is 6. The lowest BCUT2D eigenvalue weighted by molar-refractivity contribution is -0.175. The SMILES string of the molecule is C=C(C)C[C@@H](NC(=O)[C@@H](NC(=O)C(F)(F)F)C(C)(C)C)C(=O)N1CCCc2ccccc21. The molecule has 6 nitrogen and oxygen atoms in total. The number of para-hydroxylation sites is 1. The van der Waals surface area contributed by atoms with Crippen molar-refractivity contribution in [3.63, 3.8) is 0 Å². The van der Waals surface area contributed by atoms with Crippen molar-refractivity contribution in [2.45, 2.75) is 65.2 Å². The standard InChI is InChI=1S/C23H30F3N3O3/c1-14(2)13-16(20(31)29-12-8-10-15-9-6-7-11-17(15)29)27-19(30)18(22(3,4)5)28-21(32)23(24,25)26/h6-7,9,11,16,18H,1,8,10,12-13H2,2-5H3,(H,27,30)(H,28,32)/t16-,18-/m1/s1. The van der Waals surface area contributed by atoms with Gasteiger partial charge in [-0.05, 0) is 43.2 Å². The van der Waals surface area contributed by atoms with Gasteiger partial charge in [0.25, 0.3) is 0 Å². The van der Waals surface area contributed by atoms with E-state index >= 15 is 0 Å². The van der Waals surface area contributed by atoms with Gasteiger partial charge in [0, 0.05) is 12.2 Å². The third-order valence-corrected chi connectivity index (χ3v) is 5.20. The van der Waals surface area contributed by atoms with Crippen LogP contribution in [0.2, 0.25) is 0 Å². The smallest absolute Gasteiger partial charge is 0.342 e. The molecule has 0 unspecified atom stereocenters.